The number of hydrogen-bond donors (Lipinski definition) is 2. The van der Waals surface area contributed by atoms with Crippen molar-refractivity contribution in [3.63, 3.8) is 0 Å². The van der Waals surface area contributed by atoms with Gasteiger partial charge in [-0.15, -0.1) is 0 Å². The van der Waals surface area contributed by atoms with Crippen LogP contribution in [0.25, 0.3) is 0 Å². The van der Waals surface area contributed by atoms with Gasteiger partial charge in [-0.05, 0) is 44.8 Å². The molecule has 5 heteroatoms. The zero-order valence-electron chi connectivity index (χ0n) is 12.2. The van der Waals surface area contributed by atoms with Crippen molar-refractivity contribution in [2.45, 2.75) is 19.3 Å². The van der Waals surface area contributed by atoms with E-state index in [1.807, 2.05) is 0 Å². The van der Waals surface area contributed by atoms with E-state index in [1.165, 1.54) is 38.9 Å². The normalized spacial score (nSPS) is 23.4. The van der Waals surface area contributed by atoms with Crippen LogP contribution in [0.3, 0.4) is 0 Å². The minimum absolute atomic E-state index is 0.138. The predicted molar refractivity (Wildman–Crippen MR) is 77.2 cm³/mol. The van der Waals surface area contributed by atoms with Crippen LogP contribution in [0.5, 0.6) is 0 Å². The number of likely N-dealkylation sites (tertiary alicyclic amines) is 1. The second kappa shape index (κ2) is 7.82. The van der Waals surface area contributed by atoms with Gasteiger partial charge in [-0.2, -0.15) is 0 Å². The van der Waals surface area contributed by atoms with Crippen molar-refractivity contribution in [3.8, 4) is 0 Å². The molecule has 2 saturated heterocycles. The third-order valence-electron chi connectivity index (χ3n) is 4.42. The molecule has 0 spiro atoms. The summed E-state index contributed by atoms with van der Waals surface area (Å²) in [5.41, 5.74) is 0. The Bertz CT molecular complexity index is 271. The summed E-state index contributed by atoms with van der Waals surface area (Å²) in [4.78, 5) is 16.2. The Labute approximate surface area is 116 Å². The lowest BCUT2D eigenvalue weighted by atomic mass is 9.93. The average Bonchev–Trinajstić information content (AvgIpc) is 2.47. The Kier molecular flexibility index (Phi) is 6.07. The number of rotatable bonds is 5. The van der Waals surface area contributed by atoms with Crippen LogP contribution < -0.4 is 10.6 Å². The van der Waals surface area contributed by atoms with Crippen molar-refractivity contribution in [1.82, 2.24) is 20.4 Å². The summed E-state index contributed by atoms with van der Waals surface area (Å²) in [5.74, 6) is 0.995. The average molecular weight is 268 g/mol. The van der Waals surface area contributed by atoms with E-state index in [0.717, 1.165) is 32.1 Å². The summed E-state index contributed by atoms with van der Waals surface area (Å²) in [6, 6.07) is 0. The number of carbonyl (C=O) groups excluding carboxylic acids is 1. The van der Waals surface area contributed by atoms with E-state index in [-0.39, 0.29) is 5.91 Å². The van der Waals surface area contributed by atoms with Gasteiger partial charge < -0.3 is 15.5 Å². The lowest BCUT2D eigenvalue weighted by Gasteiger charge is -2.33. The molecule has 2 heterocycles. The van der Waals surface area contributed by atoms with Gasteiger partial charge in [-0.1, -0.05) is 0 Å². The first kappa shape index (κ1) is 14.8. The predicted octanol–water partition coefficient (Wildman–Crippen LogP) is -0.260. The zero-order valence-corrected chi connectivity index (χ0v) is 12.2. The van der Waals surface area contributed by atoms with Crippen LogP contribution in [0.15, 0.2) is 0 Å². The Morgan fingerprint density at radius 2 is 1.84 bits per heavy atom. The summed E-state index contributed by atoms with van der Waals surface area (Å²) in [5, 5.41) is 6.09. The van der Waals surface area contributed by atoms with Crippen LogP contribution in [-0.2, 0) is 4.79 Å². The fraction of sp³-hybridized carbons (Fsp3) is 0.929. The van der Waals surface area contributed by atoms with E-state index >= 15 is 0 Å². The van der Waals surface area contributed by atoms with Crippen molar-refractivity contribution in [2.24, 2.45) is 5.92 Å². The molecule has 2 rings (SSSR count). The molecule has 0 bridgehead atoms. The molecule has 0 atom stereocenters. The molecule has 0 unspecified atom stereocenters. The topological polar surface area (TPSA) is 47.6 Å². The van der Waals surface area contributed by atoms with Crippen molar-refractivity contribution in [2.75, 3.05) is 59.4 Å². The highest BCUT2D eigenvalue weighted by molar-refractivity contribution is 5.77. The van der Waals surface area contributed by atoms with Crippen LogP contribution >= 0.6 is 0 Å². The highest BCUT2D eigenvalue weighted by atomic mass is 16.1. The van der Waals surface area contributed by atoms with Crippen LogP contribution in [-0.4, -0.2) is 75.1 Å². The van der Waals surface area contributed by atoms with Gasteiger partial charge in [0.05, 0.1) is 6.54 Å². The van der Waals surface area contributed by atoms with Gasteiger partial charge in [0.15, 0.2) is 0 Å². The van der Waals surface area contributed by atoms with Gasteiger partial charge in [-0.25, -0.2) is 0 Å². The maximum atomic E-state index is 11.3. The van der Waals surface area contributed by atoms with Gasteiger partial charge in [0.2, 0.25) is 5.91 Å². The fourth-order valence-electron chi connectivity index (χ4n) is 3.02. The summed E-state index contributed by atoms with van der Waals surface area (Å²) in [7, 11) is 1.71. The van der Waals surface area contributed by atoms with Gasteiger partial charge in [0.1, 0.15) is 0 Å². The maximum Gasteiger partial charge on any atom is 0.233 e. The molecular weight excluding hydrogens is 240 g/mol. The lowest BCUT2D eigenvalue weighted by molar-refractivity contribution is -0.122. The molecule has 0 saturated carbocycles. The van der Waals surface area contributed by atoms with E-state index in [1.54, 1.807) is 7.05 Å². The number of piperidine rings is 1. The standard InChI is InChI=1S/C14H28N4O/c1-15-14(19)12-18-8-3-13(4-9-18)2-7-17-10-5-16-6-11-17/h13,16H,2-12H2,1H3,(H,15,19). The first-order valence-corrected chi connectivity index (χ1v) is 7.64. The molecule has 2 aliphatic rings. The second-order valence-electron chi connectivity index (χ2n) is 5.77. The third kappa shape index (κ3) is 5.09. The number of nitrogens with one attached hydrogen (secondary N) is 2. The van der Waals surface area contributed by atoms with Crippen LogP contribution in [0.1, 0.15) is 19.3 Å². The van der Waals surface area contributed by atoms with Crippen LogP contribution in [0.4, 0.5) is 0 Å². The summed E-state index contributed by atoms with van der Waals surface area (Å²) in [6.07, 6.45) is 3.83. The molecule has 19 heavy (non-hydrogen) atoms. The van der Waals surface area contributed by atoms with Gasteiger partial charge in [0, 0.05) is 33.2 Å². The maximum absolute atomic E-state index is 11.3. The molecule has 2 fully saturated rings. The van der Waals surface area contributed by atoms with E-state index < -0.39 is 0 Å². The molecule has 0 aromatic heterocycles. The Balaban J connectivity index is 1.59. The number of amides is 1. The van der Waals surface area contributed by atoms with E-state index in [0.29, 0.717) is 6.54 Å². The Morgan fingerprint density at radius 1 is 1.16 bits per heavy atom. The number of hydrogen-bond acceptors (Lipinski definition) is 4. The monoisotopic (exact) mass is 268 g/mol. The zero-order chi connectivity index (χ0) is 13.5. The summed E-state index contributed by atoms with van der Waals surface area (Å²) in [6.45, 7) is 8.68. The first-order chi connectivity index (χ1) is 9.28. The van der Waals surface area contributed by atoms with Crippen LogP contribution in [0, 0.1) is 5.92 Å². The molecule has 0 aromatic carbocycles. The minimum Gasteiger partial charge on any atom is -0.358 e. The smallest absolute Gasteiger partial charge is 0.233 e. The third-order valence-corrected chi connectivity index (χ3v) is 4.42. The molecule has 5 nitrogen and oxygen atoms in total. The number of carbonyl (C=O) groups is 1. The SMILES string of the molecule is CNC(=O)CN1CCC(CCN2CCNCC2)CC1. The van der Waals surface area contributed by atoms with E-state index in [4.69, 9.17) is 0 Å². The first-order valence-electron chi connectivity index (χ1n) is 7.64. The molecular formula is C14H28N4O. The highest BCUT2D eigenvalue weighted by Crippen LogP contribution is 2.20. The Hall–Kier alpha value is -0.650. The van der Waals surface area contributed by atoms with E-state index in [9.17, 15) is 4.79 Å². The molecule has 2 aliphatic heterocycles. The van der Waals surface area contributed by atoms with Gasteiger partial charge >= 0.3 is 0 Å². The fourth-order valence-corrected chi connectivity index (χ4v) is 3.02. The largest absolute Gasteiger partial charge is 0.358 e. The molecule has 1 amide bonds. The van der Waals surface area contributed by atoms with Crippen molar-refractivity contribution in [1.29, 1.82) is 0 Å². The molecule has 0 radical (unpaired) electrons. The number of piperazine rings is 1. The minimum atomic E-state index is 0.138. The van der Waals surface area contributed by atoms with E-state index in [2.05, 4.69) is 20.4 Å². The molecule has 110 valence electrons. The highest BCUT2D eigenvalue weighted by Gasteiger charge is 2.21. The van der Waals surface area contributed by atoms with Crippen LogP contribution in [0.2, 0.25) is 0 Å². The van der Waals surface area contributed by atoms with Gasteiger partial charge in [-0.3, -0.25) is 9.69 Å². The lowest BCUT2D eigenvalue weighted by Crippen LogP contribution is -2.45. The number of nitrogens with zero attached hydrogens (tertiary/aromatic N) is 2. The molecule has 0 aliphatic carbocycles. The van der Waals surface area contributed by atoms with Crippen molar-refractivity contribution in [3.05, 3.63) is 0 Å². The quantitative estimate of drug-likeness (QED) is 0.721. The molecule has 0 aromatic rings. The summed E-state index contributed by atoms with van der Waals surface area (Å²) < 4.78 is 0. The van der Waals surface area contributed by atoms with Crippen molar-refractivity contribution < 1.29 is 4.79 Å². The summed E-state index contributed by atoms with van der Waals surface area (Å²) >= 11 is 0. The number of likely N-dealkylation sites (N-methyl/N-ethyl adjacent to an activating group) is 1. The van der Waals surface area contributed by atoms with Crippen molar-refractivity contribution >= 4 is 5.91 Å². The Morgan fingerprint density at radius 3 is 2.47 bits per heavy atom. The second-order valence-corrected chi connectivity index (χ2v) is 5.77. The molecule has 2 N–H and O–H groups in total. The van der Waals surface area contributed by atoms with Gasteiger partial charge in [0.25, 0.3) is 0 Å².